The number of esters is 1. The predicted octanol–water partition coefficient (Wildman–Crippen LogP) is 3.11. The smallest absolute Gasteiger partial charge is 0.346 e. The number of rotatable bonds is 4. The number of ketones is 1. The molecular weight excluding hydrogens is 395 g/mol. The Labute approximate surface area is 175 Å². The van der Waals surface area contributed by atoms with Gasteiger partial charge in [-0.3, -0.25) is 4.79 Å². The molecule has 1 saturated heterocycles. The second-order valence-electron chi connectivity index (χ2n) is 7.03. The largest absolute Gasteiger partial charge is 0.507 e. The molecule has 1 atom stereocenters. The van der Waals surface area contributed by atoms with Crippen molar-refractivity contribution in [3.05, 3.63) is 102 Å². The molecule has 0 bridgehead atoms. The van der Waals surface area contributed by atoms with E-state index in [1.54, 1.807) is 5.80 Å². The lowest BCUT2D eigenvalue weighted by Gasteiger charge is -2.28. The minimum absolute atomic E-state index is 0.283. The highest BCUT2D eigenvalue weighted by Gasteiger charge is 2.38. The maximum Gasteiger partial charge on any atom is 0.346 e. The van der Waals surface area contributed by atoms with Crippen LogP contribution in [0.25, 0.3) is 0 Å². The molecular formula is C25H21O4P. The monoisotopic (exact) mass is 416 g/mol. The SMILES string of the molecule is C[C@H]1OC(=O)/C(=C(\O)C=P(c2ccccc2)(c2ccccc2)c2ccccc2)C1=O. The minimum Gasteiger partial charge on any atom is -0.507 e. The molecule has 1 aliphatic rings. The van der Waals surface area contributed by atoms with E-state index in [1.807, 2.05) is 91.0 Å². The van der Waals surface area contributed by atoms with Crippen LogP contribution in [0.15, 0.2) is 102 Å². The molecule has 30 heavy (non-hydrogen) atoms. The number of cyclic esters (lactones) is 1. The number of Topliss-reactive ketones (excluding diaryl/α,β-unsaturated/α-hetero) is 1. The number of aliphatic hydroxyl groups excluding tert-OH is 1. The van der Waals surface area contributed by atoms with E-state index in [-0.39, 0.29) is 11.3 Å². The van der Waals surface area contributed by atoms with E-state index in [0.717, 1.165) is 15.9 Å². The van der Waals surface area contributed by atoms with Gasteiger partial charge < -0.3 is 9.84 Å². The van der Waals surface area contributed by atoms with E-state index in [9.17, 15) is 14.7 Å². The molecule has 0 saturated carbocycles. The third kappa shape index (κ3) is 3.40. The fraction of sp³-hybridized carbons (Fsp3) is 0.0800. The Bertz CT molecular complexity index is 1060. The first-order valence-corrected chi connectivity index (χ1v) is 11.5. The fourth-order valence-electron chi connectivity index (χ4n) is 3.72. The summed E-state index contributed by atoms with van der Waals surface area (Å²) in [6, 6.07) is 29.6. The first-order valence-electron chi connectivity index (χ1n) is 9.64. The third-order valence-corrected chi connectivity index (χ3v) is 9.14. The molecule has 0 aromatic heterocycles. The molecule has 0 aliphatic carbocycles. The normalized spacial score (nSPS) is 18.1. The summed E-state index contributed by atoms with van der Waals surface area (Å²) in [6.45, 7) is -1.02. The molecule has 1 heterocycles. The Morgan fingerprint density at radius 2 is 1.20 bits per heavy atom. The first-order chi connectivity index (χ1) is 14.5. The zero-order chi connectivity index (χ0) is 21.1. The van der Waals surface area contributed by atoms with Crippen molar-refractivity contribution in [2.45, 2.75) is 13.0 Å². The lowest BCUT2D eigenvalue weighted by molar-refractivity contribution is -0.139. The van der Waals surface area contributed by atoms with Crippen LogP contribution in [0.4, 0.5) is 0 Å². The molecule has 150 valence electrons. The number of benzene rings is 3. The van der Waals surface area contributed by atoms with Gasteiger partial charge in [0.05, 0.1) is 0 Å². The van der Waals surface area contributed by atoms with Gasteiger partial charge >= 0.3 is 5.97 Å². The van der Waals surface area contributed by atoms with Crippen LogP contribution in [0, 0.1) is 0 Å². The molecule has 1 aliphatic heterocycles. The van der Waals surface area contributed by atoms with Crippen LogP contribution >= 0.6 is 6.89 Å². The van der Waals surface area contributed by atoms with Gasteiger partial charge in [0, 0.05) is 0 Å². The number of hydrogen-bond acceptors (Lipinski definition) is 4. The summed E-state index contributed by atoms with van der Waals surface area (Å²) in [7, 11) is 0. The van der Waals surface area contributed by atoms with E-state index in [0.29, 0.717) is 0 Å². The molecule has 0 amide bonds. The standard InChI is InChI=1S/C25H21O4P/c1-18-24(27)23(25(28)29-18)22(26)17-30(19-11-5-2-6-12-19,20-13-7-3-8-14-20)21-15-9-4-10-16-21/h2-18,26H,1H3/b23-22-/t18-/m1/s1. The maximum atomic E-state index is 12.5. The van der Waals surface area contributed by atoms with Crippen LogP contribution in [-0.4, -0.2) is 28.8 Å². The van der Waals surface area contributed by atoms with Gasteiger partial charge in [-0.15, -0.1) is 0 Å². The van der Waals surface area contributed by atoms with Gasteiger partial charge in [-0.1, -0.05) is 91.0 Å². The highest BCUT2D eigenvalue weighted by molar-refractivity contribution is 7.94. The molecule has 5 heteroatoms. The summed E-state index contributed by atoms with van der Waals surface area (Å²) in [5, 5.41) is 14.1. The van der Waals surface area contributed by atoms with Gasteiger partial charge in [-0.05, 0) is 35.5 Å². The lowest BCUT2D eigenvalue weighted by atomic mass is 10.1. The van der Waals surface area contributed by atoms with Crippen molar-refractivity contribution in [2.24, 2.45) is 0 Å². The van der Waals surface area contributed by atoms with Crippen molar-refractivity contribution in [1.29, 1.82) is 0 Å². The number of carbonyl (C=O) groups excluding carboxylic acids is 2. The Kier molecular flexibility index (Phi) is 5.43. The number of carbonyl (C=O) groups is 2. The molecule has 0 radical (unpaired) electrons. The quantitative estimate of drug-likeness (QED) is 0.233. The second kappa shape index (κ2) is 8.17. The Hall–Kier alpha value is -3.36. The van der Waals surface area contributed by atoms with Crippen LogP contribution in [0.3, 0.4) is 0 Å². The number of allylic oxidation sites excluding steroid dienone is 1. The van der Waals surface area contributed by atoms with Gasteiger partial charge in [-0.2, -0.15) is 0 Å². The molecule has 1 N–H and O–H groups in total. The van der Waals surface area contributed by atoms with E-state index in [4.69, 9.17) is 4.74 Å². The van der Waals surface area contributed by atoms with Crippen LogP contribution < -0.4 is 15.9 Å². The van der Waals surface area contributed by atoms with Crippen LogP contribution in [-0.2, 0) is 14.3 Å². The molecule has 4 nitrogen and oxygen atoms in total. The van der Waals surface area contributed by atoms with Crippen molar-refractivity contribution in [2.75, 3.05) is 0 Å². The highest BCUT2D eigenvalue weighted by Crippen LogP contribution is 2.44. The summed E-state index contributed by atoms with van der Waals surface area (Å²) >= 11 is 0. The Morgan fingerprint density at radius 1 is 0.800 bits per heavy atom. The second-order valence-corrected chi connectivity index (χ2v) is 10.3. The summed E-state index contributed by atoms with van der Waals surface area (Å²) in [5.41, 5.74) is -0.283. The average molecular weight is 416 g/mol. The minimum atomic E-state index is -2.53. The Balaban J connectivity index is 2.12. The van der Waals surface area contributed by atoms with Crippen molar-refractivity contribution in [1.82, 2.24) is 0 Å². The third-order valence-electron chi connectivity index (χ3n) is 5.17. The lowest BCUT2D eigenvalue weighted by Crippen LogP contribution is -2.27. The summed E-state index contributed by atoms with van der Waals surface area (Å²) in [5.74, 6) is 0.0771. The number of hydrogen-bond donors (Lipinski definition) is 1. The summed E-state index contributed by atoms with van der Waals surface area (Å²) in [6.07, 6.45) is -0.888. The molecule has 0 unspecified atom stereocenters. The Morgan fingerprint density at radius 3 is 1.53 bits per heavy atom. The van der Waals surface area contributed by atoms with Crippen molar-refractivity contribution in [3.63, 3.8) is 0 Å². The topological polar surface area (TPSA) is 63.6 Å². The van der Waals surface area contributed by atoms with E-state index >= 15 is 0 Å². The average Bonchev–Trinajstić information content (AvgIpc) is 3.05. The first kappa shape index (κ1) is 19.9. The zero-order valence-corrected chi connectivity index (χ0v) is 17.3. The molecule has 3 aromatic carbocycles. The van der Waals surface area contributed by atoms with Gasteiger partial charge in [0.1, 0.15) is 11.3 Å². The molecule has 3 aromatic rings. The van der Waals surface area contributed by atoms with Crippen molar-refractivity contribution >= 4 is 40.3 Å². The van der Waals surface area contributed by atoms with Crippen LogP contribution in [0.2, 0.25) is 0 Å². The van der Waals surface area contributed by atoms with Crippen molar-refractivity contribution < 1.29 is 19.4 Å². The van der Waals surface area contributed by atoms with Gasteiger partial charge in [-0.25, -0.2) is 4.79 Å². The van der Waals surface area contributed by atoms with Gasteiger partial charge in [0.25, 0.3) is 0 Å². The summed E-state index contributed by atoms with van der Waals surface area (Å²) in [4.78, 5) is 24.7. The van der Waals surface area contributed by atoms with E-state index in [2.05, 4.69) is 0 Å². The zero-order valence-electron chi connectivity index (χ0n) is 16.4. The molecule has 4 rings (SSSR count). The number of aliphatic hydroxyl groups is 1. The number of ether oxygens (including phenoxy) is 1. The maximum absolute atomic E-state index is 12.5. The fourth-order valence-corrected chi connectivity index (χ4v) is 7.48. The van der Waals surface area contributed by atoms with Gasteiger partial charge in [0.15, 0.2) is 6.10 Å². The summed E-state index contributed by atoms with van der Waals surface area (Å²) < 4.78 is 5.02. The predicted molar refractivity (Wildman–Crippen MR) is 121 cm³/mol. The van der Waals surface area contributed by atoms with Crippen molar-refractivity contribution in [3.8, 4) is 0 Å². The van der Waals surface area contributed by atoms with E-state index in [1.165, 1.54) is 6.92 Å². The van der Waals surface area contributed by atoms with Gasteiger partial charge in [0.2, 0.25) is 5.78 Å². The van der Waals surface area contributed by atoms with E-state index < -0.39 is 24.7 Å². The highest BCUT2D eigenvalue weighted by atomic mass is 31.2. The molecule has 1 fully saturated rings. The van der Waals surface area contributed by atoms with Crippen LogP contribution in [0.1, 0.15) is 6.92 Å². The molecule has 0 spiro atoms. The van der Waals surface area contributed by atoms with Crippen LogP contribution in [0.5, 0.6) is 0 Å².